The first kappa shape index (κ1) is 15.4. The second kappa shape index (κ2) is 6.07. The summed E-state index contributed by atoms with van der Waals surface area (Å²) in [6.45, 7) is 0.660. The lowest BCUT2D eigenvalue weighted by molar-refractivity contribution is 0.414. The van der Waals surface area contributed by atoms with Crippen LogP contribution >= 0.6 is 27.5 Å². The molecule has 0 atom stereocenters. The van der Waals surface area contributed by atoms with Crippen LogP contribution in [0, 0.1) is 0 Å². The molecule has 4 nitrogen and oxygen atoms in total. The molecule has 0 bridgehead atoms. The van der Waals surface area contributed by atoms with Crippen molar-refractivity contribution in [2.24, 2.45) is 0 Å². The summed E-state index contributed by atoms with van der Waals surface area (Å²) >= 11 is 9.79. The van der Waals surface area contributed by atoms with E-state index in [4.69, 9.17) is 16.3 Å². The molecule has 0 aliphatic rings. The van der Waals surface area contributed by atoms with E-state index in [0.29, 0.717) is 11.7 Å². The Morgan fingerprint density at radius 1 is 1.12 bits per heavy atom. The van der Waals surface area contributed by atoms with Gasteiger partial charge in [-0.1, -0.05) is 45.7 Å². The second-order valence-electron chi connectivity index (χ2n) is 5.50. The highest BCUT2D eigenvalue weighted by Crippen LogP contribution is 2.30. The monoisotopic (exact) mass is 401 g/mol. The molecule has 0 unspecified atom stereocenters. The zero-order chi connectivity index (χ0) is 16.7. The van der Waals surface area contributed by atoms with Gasteiger partial charge in [-0.25, -0.2) is 4.98 Å². The standard InChI is InChI=1S/C18H13BrClN3O/c1-24-13-5-2-11(3-6-13)9-23-10-15-14-7-4-12(19)8-16(14)21-18(20)17(15)22-23/h2-8,10H,9H2,1H3. The van der Waals surface area contributed by atoms with E-state index in [-0.39, 0.29) is 0 Å². The van der Waals surface area contributed by atoms with Crippen molar-refractivity contribution >= 4 is 49.3 Å². The van der Waals surface area contributed by atoms with Crippen molar-refractivity contribution in [2.45, 2.75) is 6.54 Å². The molecule has 0 radical (unpaired) electrons. The molecule has 0 fully saturated rings. The van der Waals surface area contributed by atoms with Gasteiger partial charge < -0.3 is 4.74 Å². The summed E-state index contributed by atoms with van der Waals surface area (Å²) in [6, 6.07) is 13.9. The van der Waals surface area contributed by atoms with Crippen LogP contribution in [0.15, 0.2) is 53.1 Å². The summed E-state index contributed by atoms with van der Waals surface area (Å²) in [7, 11) is 1.66. The van der Waals surface area contributed by atoms with E-state index in [9.17, 15) is 0 Å². The average molecular weight is 403 g/mol. The first-order valence-electron chi connectivity index (χ1n) is 7.39. The quantitative estimate of drug-likeness (QED) is 0.450. The molecule has 6 heteroatoms. The van der Waals surface area contributed by atoms with Crippen LogP contribution < -0.4 is 4.74 Å². The summed E-state index contributed by atoms with van der Waals surface area (Å²) in [5, 5.41) is 7.07. The number of pyridine rings is 1. The maximum absolute atomic E-state index is 6.33. The lowest BCUT2D eigenvalue weighted by Crippen LogP contribution is -1.99. The molecule has 24 heavy (non-hydrogen) atoms. The zero-order valence-corrected chi connectivity index (χ0v) is 15.2. The van der Waals surface area contributed by atoms with Crippen LogP contribution in [0.3, 0.4) is 0 Å². The molecule has 0 saturated carbocycles. The van der Waals surface area contributed by atoms with Crippen LogP contribution in [0.1, 0.15) is 5.56 Å². The number of methoxy groups -OCH3 is 1. The number of benzene rings is 2. The maximum atomic E-state index is 6.33. The van der Waals surface area contributed by atoms with Crippen molar-refractivity contribution < 1.29 is 4.74 Å². The Morgan fingerprint density at radius 3 is 2.67 bits per heavy atom. The first-order chi connectivity index (χ1) is 11.6. The Labute approximate surface area is 152 Å². The van der Waals surface area contributed by atoms with E-state index >= 15 is 0 Å². The van der Waals surface area contributed by atoms with Crippen molar-refractivity contribution in [3.8, 4) is 5.75 Å². The van der Waals surface area contributed by atoms with Crippen LogP contribution in [0.25, 0.3) is 21.8 Å². The number of aromatic nitrogens is 3. The smallest absolute Gasteiger partial charge is 0.157 e. The minimum atomic E-state index is 0.420. The summed E-state index contributed by atoms with van der Waals surface area (Å²) in [5.74, 6) is 0.841. The molecule has 2 heterocycles. The van der Waals surface area contributed by atoms with Gasteiger partial charge in [0.1, 0.15) is 11.3 Å². The summed E-state index contributed by atoms with van der Waals surface area (Å²) in [4.78, 5) is 4.45. The summed E-state index contributed by atoms with van der Waals surface area (Å²) in [6.07, 6.45) is 2.02. The van der Waals surface area contributed by atoms with E-state index in [1.807, 2.05) is 53.3 Å². The van der Waals surface area contributed by atoms with E-state index in [2.05, 4.69) is 26.0 Å². The van der Waals surface area contributed by atoms with Crippen LogP contribution in [-0.2, 0) is 6.54 Å². The van der Waals surface area contributed by atoms with Crippen molar-refractivity contribution in [3.63, 3.8) is 0 Å². The average Bonchev–Trinajstić information content (AvgIpc) is 3.00. The molecule has 0 N–H and O–H groups in total. The largest absolute Gasteiger partial charge is 0.497 e. The minimum Gasteiger partial charge on any atom is -0.497 e. The van der Waals surface area contributed by atoms with Gasteiger partial charge in [0.15, 0.2) is 5.15 Å². The van der Waals surface area contributed by atoms with Crippen LogP contribution in [0.5, 0.6) is 5.75 Å². The maximum Gasteiger partial charge on any atom is 0.157 e. The summed E-state index contributed by atoms with van der Waals surface area (Å²) < 4.78 is 8.05. The molecule has 0 saturated heterocycles. The predicted molar refractivity (Wildman–Crippen MR) is 99.8 cm³/mol. The van der Waals surface area contributed by atoms with Crippen molar-refractivity contribution in [2.75, 3.05) is 7.11 Å². The third-order valence-corrected chi connectivity index (χ3v) is 4.69. The number of halogens is 2. The van der Waals surface area contributed by atoms with Crippen molar-refractivity contribution in [1.82, 2.24) is 14.8 Å². The van der Waals surface area contributed by atoms with Gasteiger partial charge in [-0.2, -0.15) is 5.10 Å². The number of ether oxygens (including phenoxy) is 1. The molecule has 2 aromatic heterocycles. The van der Waals surface area contributed by atoms with E-state index < -0.39 is 0 Å². The fraction of sp³-hybridized carbons (Fsp3) is 0.111. The number of rotatable bonds is 3. The highest BCUT2D eigenvalue weighted by molar-refractivity contribution is 9.10. The van der Waals surface area contributed by atoms with Gasteiger partial charge in [0, 0.05) is 21.4 Å². The highest BCUT2D eigenvalue weighted by atomic mass is 79.9. The lowest BCUT2D eigenvalue weighted by Gasteiger charge is -2.03. The van der Waals surface area contributed by atoms with Gasteiger partial charge in [-0.05, 0) is 29.8 Å². The Bertz CT molecular complexity index is 1040. The molecule has 4 aromatic rings. The Kier molecular flexibility index (Phi) is 3.90. The summed E-state index contributed by atoms with van der Waals surface area (Å²) in [5.41, 5.74) is 2.71. The Morgan fingerprint density at radius 2 is 1.92 bits per heavy atom. The predicted octanol–water partition coefficient (Wildman–Crippen LogP) is 5.06. The van der Waals surface area contributed by atoms with Gasteiger partial charge >= 0.3 is 0 Å². The molecule has 0 spiro atoms. The number of hydrogen-bond donors (Lipinski definition) is 0. The molecule has 0 aliphatic carbocycles. The molecule has 0 aliphatic heterocycles. The van der Waals surface area contributed by atoms with Gasteiger partial charge in [0.25, 0.3) is 0 Å². The second-order valence-corrected chi connectivity index (χ2v) is 6.77. The molecular weight excluding hydrogens is 390 g/mol. The number of nitrogens with zero attached hydrogens (tertiary/aromatic N) is 3. The number of hydrogen-bond acceptors (Lipinski definition) is 3. The third-order valence-electron chi connectivity index (χ3n) is 3.93. The van der Waals surface area contributed by atoms with E-state index in [1.165, 1.54) is 0 Å². The van der Waals surface area contributed by atoms with Crippen molar-refractivity contribution in [1.29, 1.82) is 0 Å². The van der Waals surface area contributed by atoms with Gasteiger partial charge in [0.05, 0.1) is 19.2 Å². The highest BCUT2D eigenvalue weighted by Gasteiger charge is 2.12. The normalized spacial score (nSPS) is 11.3. The number of fused-ring (bicyclic) bond motifs is 3. The molecule has 4 rings (SSSR count). The third kappa shape index (κ3) is 2.74. The van der Waals surface area contributed by atoms with Crippen molar-refractivity contribution in [3.05, 3.63) is 63.9 Å². The van der Waals surface area contributed by atoms with Gasteiger partial charge in [-0.3, -0.25) is 4.68 Å². The SMILES string of the molecule is COc1ccc(Cn2cc3c(n2)c(Cl)nc2cc(Br)ccc23)cc1. The fourth-order valence-corrected chi connectivity index (χ4v) is 3.33. The Hall–Kier alpha value is -2.11. The van der Waals surface area contributed by atoms with Crippen LogP contribution in [0.2, 0.25) is 5.15 Å². The molecule has 120 valence electrons. The van der Waals surface area contributed by atoms with E-state index in [0.717, 1.165) is 37.6 Å². The van der Waals surface area contributed by atoms with E-state index in [1.54, 1.807) is 7.11 Å². The first-order valence-corrected chi connectivity index (χ1v) is 8.56. The van der Waals surface area contributed by atoms with Gasteiger partial charge in [-0.15, -0.1) is 0 Å². The minimum absolute atomic E-state index is 0.420. The van der Waals surface area contributed by atoms with Gasteiger partial charge in [0.2, 0.25) is 0 Å². The fourth-order valence-electron chi connectivity index (χ4n) is 2.75. The molecule has 2 aromatic carbocycles. The Balaban J connectivity index is 1.79. The molecular formula is C18H13BrClN3O. The lowest BCUT2D eigenvalue weighted by atomic mass is 10.1. The molecule has 0 amide bonds. The van der Waals surface area contributed by atoms with Crippen LogP contribution in [0.4, 0.5) is 0 Å². The zero-order valence-electron chi connectivity index (χ0n) is 12.8. The topological polar surface area (TPSA) is 39.9 Å². The van der Waals surface area contributed by atoms with Crippen LogP contribution in [-0.4, -0.2) is 21.9 Å².